The highest BCUT2D eigenvalue weighted by molar-refractivity contribution is 7.89. The Morgan fingerprint density at radius 2 is 1.95 bits per heavy atom. The van der Waals surface area contributed by atoms with E-state index in [-0.39, 0.29) is 16.1 Å². The van der Waals surface area contributed by atoms with Crippen LogP contribution in [0.1, 0.15) is 37.6 Å². The maximum absolute atomic E-state index is 12.2. The molecule has 0 atom stereocenters. The Morgan fingerprint density at radius 3 is 2.37 bits per heavy atom. The third-order valence-corrected chi connectivity index (χ3v) is 4.65. The number of nitrogens with one attached hydrogen (secondary N) is 1. The lowest BCUT2D eigenvalue weighted by atomic mass is 10.0. The first-order valence-corrected chi connectivity index (χ1v) is 7.30. The van der Waals surface area contributed by atoms with E-state index >= 15 is 0 Å². The summed E-state index contributed by atoms with van der Waals surface area (Å²) in [7, 11) is -3.73. The number of primary amides is 1. The Labute approximate surface area is 113 Å². The molecule has 1 aromatic rings. The van der Waals surface area contributed by atoms with Gasteiger partial charge in [0.1, 0.15) is 4.90 Å². The fourth-order valence-electron chi connectivity index (χ4n) is 1.44. The molecule has 6 nitrogen and oxygen atoms in total. The first-order chi connectivity index (χ1) is 8.59. The highest BCUT2D eigenvalue weighted by Gasteiger charge is 2.26. The number of benzene rings is 1. The summed E-state index contributed by atoms with van der Waals surface area (Å²) in [5.41, 5.74) is 10.4. The molecule has 1 rings (SSSR count). The topological polar surface area (TPSA) is 115 Å². The normalized spacial score (nSPS) is 12.4. The van der Waals surface area contributed by atoms with Gasteiger partial charge in [0, 0.05) is 11.1 Å². The molecule has 0 bridgehead atoms. The molecule has 106 valence electrons. The molecule has 5 N–H and O–H groups in total. The van der Waals surface area contributed by atoms with Gasteiger partial charge in [-0.15, -0.1) is 0 Å². The van der Waals surface area contributed by atoms with Gasteiger partial charge >= 0.3 is 0 Å². The number of sulfonamides is 1. The lowest BCUT2D eigenvalue weighted by Crippen LogP contribution is -2.42. The van der Waals surface area contributed by atoms with Crippen molar-refractivity contribution < 1.29 is 13.2 Å². The zero-order chi connectivity index (χ0) is 14.8. The average molecular weight is 285 g/mol. The summed E-state index contributed by atoms with van der Waals surface area (Å²) in [5, 5.41) is 0. The van der Waals surface area contributed by atoms with Crippen LogP contribution in [0.3, 0.4) is 0 Å². The second kappa shape index (κ2) is 5.18. The monoisotopic (exact) mass is 285 g/mol. The van der Waals surface area contributed by atoms with Crippen molar-refractivity contribution in [3.8, 4) is 0 Å². The summed E-state index contributed by atoms with van der Waals surface area (Å²) in [5.74, 6) is -0.655. The maximum Gasteiger partial charge on any atom is 0.248 e. The number of amides is 1. The molecule has 0 fully saturated rings. The minimum atomic E-state index is -3.73. The molecule has 0 aromatic heterocycles. The van der Waals surface area contributed by atoms with Crippen LogP contribution >= 0.6 is 0 Å². The second-order valence-corrected chi connectivity index (χ2v) is 6.61. The number of hydrogen-bond acceptors (Lipinski definition) is 4. The van der Waals surface area contributed by atoms with Crippen molar-refractivity contribution in [2.75, 3.05) is 5.73 Å². The molecular weight excluding hydrogens is 266 g/mol. The van der Waals surface area contributed by atoms with Gasteiger partial charge in [-0.05, 0) is 38.5 Å². The smallest absolute Gasteiger partial charge is 0.248 e. The van der Waals surface area contributed by atoms with Crippen LogP contribution in [0, 0.1) is 0 Å². The third kappa shape index (κ3) is 3.68. The summed E-state index contributed by atoms with van der Waals surface area (Å²) in [6.07, 6.45) is 0.630. The molecule has 0 spiro atoms. The number of rotatable bonds is 5. The largest absolute Gasteiger partial charge is 0.398 e. The molecule has 1 amide bonds. The average Bonchev–Trinajstić information content (AvgIpc) is 2.27. The van der Waals surface area contributed by atoms with Gasteiger partial charge in [-0.1, -0.05) is 6.92 Å². The van der Waals surface area contributed by atoms with E-state index in [9.17, 15) is 13.2 Å². The summed E-state index contributed by atoms with van der Waals surface area (Å²) < 4.78 is 27.0. The summed E-state index contributed by atoms with van der Waals surface area (Å²) >= 11 is 0. The van der Waals surface area contributed by atoms with Crippen LogP contribution in [-0.2, 0) is 10.0 Å². The number of carbonyl (C=O) groups excluding carboxylic acids is 1. The summed E-state index contributed by atoms with van der Waals surface area (Å²) in [6.45, 7) is 5.43. The number of nitrogens with two attached hydrogens (primary N) is 2. The van der Waals surface area contributed by atoms with E-state index in [1.165, 1.54) is 18.2 Å². The van der Waals surface area contributed by atoms with Crippen molar-refractivity contribution in [3.63, 3.8) is 0 Å². The van der Waals surface area contributed by atoms with Crippen LogP contribution in [0.2, 0.25) is 0 Å². The zero-order valence-corrected chi connectivity index (χ0v) is 12.0. The van der Waals surface area contributed by atoms with Crippen molar-refractivity contribution in [1.29, 1.82) is 0 Å². The predicted molar refractivity (Wildman–Crippen MR) is 74.1 cm³/mol. The highest BCUT2D eigenvalue weighted by atomic mass is 32.2. The minimum absolute atomic E-state index is 0.00398. The van der Waals surface area contributed by atoms with Crippen molar-refractivity contribution >= 4 is 21.6 Å². The van der Waals surface area contributed by atoms with Crippen molar-refractivity contribution in [2.24, 2.45) is 5.73 Å². The number of anilines is 1. The van der Waals surface area contributed by atoms with Crippen LogP contribution < -0.4 is 16.2 Å². The molecule has 1 aromatic carbocycles. The second-order valence-electron chi connectivity index (χ2n) is 4.96. The quantitative estimate of drug-likeness (QED) is 0.695. The van der Waals surface area contributed by atoms with Gasteiger partial charge in [-0.2, -0.15) is 0 Å². The molecular formula is C12H19N3O3S. The minimum Gasteiger partial charge on any atom is -0.398 e. The van der Waals surface area contributed by atoms with E-state index in [0.717, 1.165) is 0 Å². The molecule has 0 heterocycles. The number of nitrogen functional groups attached to an aromatic ring is 1. The summed E-state index contributed by atoms with van der Waals surface area (Å²) in [6, 6.07) is 3.88. The van der Waals surface area contributed by atoms with Gasteiger partial charge in [-0.3, -0.25) is 4.79 Å². The Bertz CT molecular complexity index is 594. The molecule has 19 heavy (non-hydrogen) atoms. The molecule has 0 aliphatic carbocycles. The predicted octanol–water partition coefficient (Wildman–Crippen LogP) is 0.835. The first kappa shape index (κ1) is 15.5. The van der Waals surface area contributed by atoms with Crippen molar-refractivity contribution in [3.05, 3.63) is 23.8 Å². The van der Waals surface area contributed by atoms with E-state index < -0.39 is 21.5 Å². The van der Waals surface area contributed by atoms with E-state index in [4.69, 9.17) is 11.5 Å². The molecule has 0 saturated heterocycles. The summed E-state index contributed by atoms with van der Waals surface area (Å²) in [4.78, 5) is 10.9. The third-order valence-electron chi connectivity index (χ3n) is 2.88. The molecule has 0 unspecified atom stereocenters. The van der Waals surface area contributed by atoms with Gasteiger partial charge < -0.3 is 11.5 Å². The van der Waals surface area contributed by atoms with Gasteiger partial charge in [0.2, 0.25) is 15.9 Å². The molecule has 0 radical (unpaired) electrons. The van der Waals surface area contributed by atoms with Crippen LogP contribution in [0.15, 0.2) is 23.1 Å². The van der Waals surface area contributed by atoms with Gasteiger partial charge in [0.05, 0.1) is 5.69 Å². The lowest BCUT2D eigenvalue weighted by molar-refractivity contribution is 0.1000. The fraction of sp³-hybridized carbons (Fsp3) is 0.417. The number of hydrogen-bond donors (Lipinski definition) is 3. The van der Waals surface area contributed by atoms with Crippen molar-refractivity contribution in [2.45, 2.75) is 37.6 Å². The van der Waals surface area contributed by atoms with E-state index in [0.29, 0.717) is 6.42 Å². The Kier molecular flexibility index (Phi) is 4.21. The highest BCUT2D eigenvalue weighted by Crippen LogP contribution is 2.22. The van der Waals surface area contributed by atoms with Crippen LogP contribution in [0.25, 0.3) is 0 Å². The maximum atomic E-state index is 12.2. The SMILES string of the molecule is CCC(C)(C)NS(=O)(=O)c1ccc(C(N)=O)cc1N. The Morgan fingerprint density at radius 1 is 1.37 bits per heavy atom. The van der Waals surface area contributed by atoms with Crippen LogP contribution in [0.4, 0.5) is 5.69 Å². The molecule has 7 heteroatoms. The van der Waals surface area contributed by atoms with E-state index in [2.05, 4.69) is 4.72 Å². The Balaban J connectivity index is 3.20. The van der Waals surface area contributed by atoms with Crippen molar-refractivity contribution in [1.82, 2.24) is 4.72 Å². The van der Waals surface area contributed by atoms with E-state index in [1.54, 1.807) is 13.8 Å². The van der Waals surface area contributed by atoms with Crippen LogP contribution in [-0.4, -0.2) is 19.9 Å². The van der Waals surface area contributed by atoms with Gasteiger partial charge in [-0.25, -0.2) is 13.1 Å². The molecule has 0 aliphatic rings. The zero-order valence-electron chi connectivity index (χ0n) is 11.2. The lowest BCUT2D eigenvalue weighted by Gasteiger charge is -2.24. The fourth-order valence-corrected chi connectivity index (χ4v) is 3.04. The molecule has 0 saturated carbocycles. The van der Waals surface area contributed by atoms with Gasteiger partial charge in [0.15, 0.2) is 0 Å². The molecule has 0 aliphatic heterocycles. The van der Waals surface area contributed by atoms with E-state index in [1.807, 2.05) is 6.92 Å². The Hall–Kier alpha value is -1.60. The van der Waals surface area contributed by atoms with Gasteiger partial charge in [0.25, 0.3) is 0 Å². The number of carbonyl (C=O) groups is 1. The first-order valence-electron chi connectivity index (χ1n) is 5.82. The van der Waals surface area contributed by atoms with Crippen LogP contribution in [0.5, 0.6) is 0 Å². The standard InChI is InChI=1S/C12H19N3O3S/c1-4-12(2,3)15-19(17,18)10-6-5-8(11(14)16)7-9(10)13/h5-7,15H,4,13H2,1-3H3,(H2,14,16).